The molecule has 2 nitrogen and oxygen atoms in total. The summed E-state index contributed by atoms with van der Waals surface area (Å²) in [6.45, 7) is 0.683. The average molecular weight is 300 g/mol. The summed E-state index contributed by atoms with van der Waals surface area (Å²) in [6.07, 6.45) is 2.75. The molecule has 0 aliphatic heterocycles. The van der Waals surface area contributed by atoms with Crippen LogP contribution in [0.5, 0.6) is 5.75 Å². The smallest absolute Gasteiger partial charge is 0.119 e. The highest BCUT2D eigenvalue weighted by atomic mass is 35.5. The molecule has 0 bridgehead atoms. The molecule has 0 fully saturated rings. The molecule has 0 saturated carbocycles. The number of nitriles is 1. The second kappa shape index (κ2) is 8.34. The van der Waals surface area contributed by atoms with Crippen molar-refractivity contribution in [2.45, 2.75) is 25.2 Å². The molecule has 0 aliphatic carbocycles. The van der Waals surface area contributed by atoms with Gasteiger partial charge in [0.15, 0.2) is 0 Å². The summed E-state index contributed by atoms with van der Waals surface area (Å²) in [5.41, 5.74) is 1.03. The van der Waals surface area contributed by atoms with Crippen LogP contribution in [0.4, 0.5) is 0 Å². The summed E-state index contributed by atoms with van der Waals surface area (Å²) in [4.78, 5) is 0. The van der Waals surface area contributed by atoms with Crippen molar-refractivity contribution >= 4 is 11.6 Å². The Labute approximate surface area is 130 Å². The maximum absolute atomic E-state index is 9.27. The zero-order valence-corrected chi connectivity index (χ0v) is 12.6. The molecular formula is C18H18ClNO. The Morgan fingerprint density at radius 2 is 1.71 bits per heavy atom. The molecule has 0 heterocycles. The van der Waals surface area contributed by atoms with Crippen LogP contribution in [0.1, 0.15) is 30.7 Å². The number of para-hydroxylation sites is 1. The molecule has 2 aromatic rings. The van der Waals surface area contributed by atoms with Crippen LogP contribution in [0, 0.1) is 11.3 Å². The van der Waals surface area contributed by atoms with Gasteiger partial charge in [0.1, 0.15) is 5.75 Å². The summed E-state index contributed by atoms with van der Waals surface area (Å²) >= 11 is 5.86. The maximum Gasteiger partial charge on any atom is 0.119 e. The first kappa shape index (κ1) is 15.4. The van der Waals surface area contributed by atoms with Gasteiger partial charge in [-0.3, -0.25) is 0 Å². The predicted octanol–water partition coefficient (Wildman–Crippen LogP) is 5.20. The number of halogens is 1. The zero-order chi connectivity index (χ0) is 14.9. The Kier molecular flexibility index (Phi) is 6.12. The van der Waals surface area contributed by atoms with Gasteiger partial charge in [0, 0.05) is 5.02 Å². The standard InChI is InChI=1S/C18H18ClNO/c19-17-11-9-15(10-12-17)16(14-20)6-4-5-13-21-18-7-2-1-3-8-18/h1-3,7-12,16H,4-6,13H2. The second-order valence-electron chi connectivity index (χ2n) is 4.89. The fraction of sp³-hybridized carbons (Fsp3) is 0.278. The largest absolute Gasteiger partial charge is 0.494 e. The molecular weight excluding hydrogens is 282 g/mol. The molecule has 1 atom stereocenters. The van der Waals surface area contributed by atoms with Crippen LogP contribution in [-0.4, -0.2) is 6.61 Å². The Hall–Kier alpha value is -1.98. The molecule has 21 heavy (non-hydrogen) atoms. The summed E-state index contributed by atoms with van der Waals surface area (Å²) in [5.74, 6) is 0.825. The number of hydrogen-bond donors (Lipinski definition) is 0. The van der Waals surface area contributed by atoms with Crippen molar-refractivity contribution < 1.29 is 4.74 Å². The number of hydrogen-bond acceptors (Lipinski definition) is 2. The SMILES string of the molecule is N#CC(CCCCOc1ccccc1)c1ccc(Cl)cc1. The lowest BCUT2D eigenvalue weighted by atomic mass is 9.95. The zero-order valence-electron chi connectivity index (χ0n) is 11.8. The fourth-order valence-corrected chi connectivity index (χ4v) is 2.28. The molecule has 0 aliphatic rings. The maximum atomic E-state index is 9.27. The van der Waals surface area contributed by atoms with Crippen LogP contribution >= 0.6 is 11.6 Å². The highest BCUT2D eigenvalue weighted by Crippen LogP contribution is 2.23. The molecule has 0 aromatic heterocycles. The number of nitrogens with zero attached hydrogens (tertiary/aromatic N) is 1. The van der Waals surface area contributed by atoms with Crippen LogP contribution in [-0.2, 0) is 0 Å². The van der Waals surface area contributed by atoms with Crippen LogP contribution in [0.15, 0.2) is 54.6 Å². The van der Waals surface area contributed by atoms with E-state index in [0.29, 0.717) is 11.6 Å². The first-order chi connectivity index (χ1) is 10.3. The van der Waals surface area contributed by atoms with Gasteiger partial charge in [0.25, 0.3) is 0 Å². The number of benzene rings is 2. The minimum Gasteiger partial charge on any atom is -0.494 e. The van der Waals surface area contributed by atoms with Crippen LogP contribution in [0.3, 0.4) is 0 Å². The summed E-state index contributed by atoms with van der Waals surface area (Å²) in [7, 11) is 0. The van der Waals surface area contributed by atoms with Gasteiger partial charge in [0.05, 0.1) is 18.6 Å². The number of ether oxygens (including phenoxy) is 1. The van der Waals surface area contributed by atoms with Crippen LogP contribution in [0.25, 0.3) is 0 Å². The summed E-state index contributed by atoms with van der Waals surface area (Å²) in [5, 5.41) is 9.97. The highest BCUT2D eigenvalue weighted by Gasteiger charge is 2.09. The van der Waals surface area contributed by atoms with Crippen molar-refractivity contribution in [2.24, 2.45) is 0 Å². The van der Waals surface area contributed by atoms with Crippen molar-refractivity contribution in [2.75, 3.05) is 6.61 Å². The minimum absolute atomic E-state index is 0.0704. The summed E-state index contributed by atoms with van der Waals surface area (Å²) in [6, 6.07) is 19.7. The highest BCUT2D eigenvalue weighted by molar-refractivity contribution is 6.30. The first-order valence-corrected chi connectivity index (χ1v) is 7.50. The van der Waals surface area contributed by atoms with Gasteiger partial charge in [-0.05, 0) is 49.1 Å². The van der Waals surface area contributed by atoms with E-state index in [9.17, 15) is 5.26 Å². The third-order valence-electron chi connectivity index (χ3n) is 3.33. The molecule has 0 N–H and O–H groups in total. The van der Waals surface area contributed by atoms with Crippen molar-refractivity contribution in [3.63, 3.8) is 0 Å². The van der Waals surface area contributed by atoms with E-state index >= 15 is 0 Å². The van der Waals surface area contributed by atoms with Crippen LogP contribution in [0.2, 0.25) is 5.02 Å². The molecule has 0 spiro atoms. The number of unbranched alkanes of at least 4 members (excludes halogenated alkanes) is 1. The van der Waals surface area contributed by atoms with Crippen molar-refractivity contribution in [1.29, 1.82) is 5.26 Å². The second-order valence-corrected chi connectivity index (χ2v) is 5.33. The topological polar surface area (TPSA) is 33.0 Å². The Morgan fingerprint density at radius 1 is 1.00 bits per heavy atom. The Balaban J connectivity index is 1.72. The lowest BCUT2D eigenvalue weighted by molar-refractivity contribution is 0.304. The van der Waals surface area contributed by atoms with E-state index in [1.54, 1.807) is 0 Å². The molecule has 2 aromatic carbocycles. The number of rotatable bonds is 7. The third-order valence-corrected chi connectivity index (χ3v) is 3.58. The average Bonchev–Trinajstić information content (AvgIpc) is 2.53. The third kappa shape index (κ3) is 5.13. The minimum atomic E-state index is -0.0704. The summed E-state index contributed by atoms with van der Waals surface area (Å²) < 4.78 is 5.64. The van der Waals surface area contributed by atoms with E-state index in [4.69, 9.17) is 16.3 Å². The van der Waals surface area contributed by atoms with Crippen molar-refractivity contribution in [3.8, 4) is 11.8 Å². The quantitative estimate of drug-likeness (QED) is 0.659. The molecule has 0 amide bonds. The molecule has 3 heteroatoms. The van der Waals surface area contributed by atoms with Gasteiger partial charge < -0.3 is 4.74 Å². The van der Waals surface area contributed by atoms with Gasteiger partial charge >= 0.3 is 0 Å². The van der Waals surface area contributed by atoms with Gasteiger partial charge in [-0.2, -0.15) is 5.26 Å². The first-order valence-electron chi connectivity index (χ1n) is 7.12. The molecule has 108 valence electrons. The van der Waals surface area contributed by atoms with Crippen molar-refractivity contribution in [3.05, 3.63) is 65.2 Å². The normalized spacial score (nSPS) is 11.6. The Morgan fingerprint density at radius 3 is 2.38 bits per heavy atom. The molecule has 0 radical (unpaired) electrons. The van der Waals surface area contributed by atoms with Gasteiger partial charge in [-0.15, -0.1) is 0 Å². The lowest BCUT2D eigenvalue weighted by Crippen LogP contribution is -2.00. The van der Waals surface area contributed by atoms with Crippen molar-refractivity contribution in [1.82, 2.24) is 0 Å². The monoisotopic (exact) mass is 299 g/mol. The van der Waals surface area contributed by atoms with Gasteiger partial charge in [-0.25, -0.2) is 0 Å². The lowest BCUT2D eigenvalue weighted by Gasteiger charge is -2.10. The van der Waals surface area contributed by atoms with E-state index in [1.165, 1.54) is 0 Å². The molecule has 2 rings (SSSR count). The van der Waals surface area contributed by atoms with E-state index < -0.39 is 0 Å². The van der Waals surface area contributed by atoms with E-state index in [-0.39, 0.29) is 5.92 Å². The van der Waals surface area contributed by atoms with Gasteiger partial charge in [-0.1, -0.05) is 41.9 Å². The molecule has 0 saturated heterocycles. The van der Waals surface area contributed by atoms with Gasteiger partial charge in [0.2, 0.25) is 0 Å². The van der Waals surface area contributed by atoms with Crippen LogP contribution < -0.4 is 4.74 Å². The predicted molar refractivity (Wildman–Crippen MR) is 85.6 cm³/mol. The Bertz CT molecular complexity index is 574. The van der Waals surface area contributed by atoms with E-state index in [2.05, 4.69) is 6.07 Å². The van der Waals surface area contributed by atoms with E-state index in [1.807, 2.05) is 54.6 Å². The fourth-order valence-electron chi connectivity index (χ4n) is 2.16. The van der Waals surface area contributed by atoms with E-state index in [0.717, 1.165) is 30.6 Å². The molecule has 1 unspecified atom stereocenters.